The number of hydrazone groups is 1. The summed E-state index contributed by atoms with van der Waals surface area (Å²) in [6, 6.07) is 15.0. The summed E-state index contributed by atoms with van der Waals surface area (Å²) in [5, 5.41) is 10.0. The number of rotatable bonds is 6. The van der Waals surface area contributed by atoms with Gasteiger partial charge in [-0.3, -0.25) is 9.59 Å². The molecule has 0 fully saturated rings. The smallest absolute Gasteiger partial charge is 0.264 e. The van der Waals surface area contributed by atoms with Crippen LogP contribution in [0.15, 0.2) is 64.4 Å². The summed E-state index contributed by atoms with van der Waals surface area (Å²) in [7, 11) is 3.27. The molecule has 0 radical (unpaired) electrons. The third-order valence-electron chi connectivity index (χ3n) is 4.92. The predicted molar refractivity (Wildman–Crippen MR) is 119 cm³/mol. The molecule has 8 heteroatoms. The minimum absolute atomic E-state index is 0.0371. The first-order valence-corrected chi connectivity index (χ1v) is 11.2. The number of methoxy groups -OCH3 is 1. The highest BCUT2D eigenvalue weighted by Crippen LogP contribution is 2.34. The number of amides is 2. The van der Waals surface area contributed by atoms with Crippen LogP contribution in [0.3, 0.4) is 0 Å². The van der Waals surface area contributed by atoms with Crippen LogP contribution in [-0.2, 0) is 4.79 Å². The molecular weight excluding hydrogens is 418 g/mol. The highest BCUT2D eigenvalue weighted by Gasteiger charge is 2.34. The van der Waals surface area contributed by atoms with E-state index in [0.717, 1.165) is 21.9 Å². The van der Waals surface area contributed by atoms with Gasteiger partial charge in [0.05, 0.1) is 28.6 Å². The van der Waals surface area contributed by atoms with E-state index in [9.17, 15) is 9.59 Å². The molecule has 4 rings (SSSR count). The molecule has 0 saturated carbocycles. The Morgan fingerprint density at radius 1 is 1.13 bits per heavy atom. The van der Waals surface area contributed by atoms with E-state index in [-0.39, 0.29) is 24.4 Å². The van der Waals surface area contributed by atoms with Gasteiger partial charge in [-0.05, 0) is 40.6 Å². The second-order valence-corrected chi connectivity index (χ2v) is 8.79. The molecule has 2 aromatic heterocycles. The molecule has 154 valence electrons. The van der Waals surface area contributed by atoms with Gasteiger partial charge in [0.2, 0.25) is 0 Å². The highest BCUT2D eigenvalue weighted by atomic mass is 32.1. The fraction of sp³-hybridized carbons (Fsp3) is 0.227. The topological polar surface area (TPSA) is 62.2 Å². The number of thiophene rings is 2. The van der Waals surface area contributed by atoms with E-state index in [2.05, 4.69) is 5.10 Å². The largest absolute Gasteiger partial charge is 0.497 e. The van der Waals surface area contributed by atoms with Crippen molar-refractivity contribution in [2.45, 2.75) is 12.5 Å². The van der Waals surface area contributed by atoms with E-state index in [4.69, 9.17) is 4.74 Å². The Labute approximate surface area is 183 Å². The number of nitrogens with zero attached hydrogens (tertiary/aromatic N) is 3. The minimum Gasteiger partial charge on any atom is -0.497 e. The lowest BCUT2D eigenvalue weighted by Gasteiger charge is -2.24. The molecule has 0 aliphatic carbocycles. The molecule has 3 heterocycles. The van der Waals surface area contributed by atoms with Crippen molar-refractivity contribution in [1.29, 1.82) is 0 Å². The molecule has 0 saturated heterocycles. The second kappa shape index (κ2) is 8.81. The first kappa shape index (κ1) is 20.3. The normalized spacial score (nSPS) is 15.7. The maximum absolute atomic E-state index is 13.2. The van der Waals surface area contributed by atoms with Gasteiger partial charge in [0.1, 0.15) is 12.3 Å². The van der Waals surface area contributed by atoms with Crippen molar-refractivity contribution in [2.75, 3.05) is 20.7 Å². The zero-order valence-electron chi connectivity index (χ0n) is 16.6. The van der Waals surface area contributed by atoms with Crippen LogP contribution < -0.4 is 4.74 Å². The summed E-state index contributed by atoms with van der Waals surface area (Å²) < 4.78 is 5.25. The average Bonchev–Trinajstić information content (AvgIpc) is 3.54. The lowest BCUT2D eigenvalue weighted by Crippen LogP contribution is -2.39. The van der Waals surface area contributed by atoms with Gasteiger partial charge in [0.25, 0.3) is 11.8 Å². The van der Waals surface area contributed by atoms with Gasteiger partial charge >= 0.3 is 0 Å². The van der Waals surface area contributed by atoms with Gasteiger partial charge in [-0.15, -0.1) is 22.7 Å². The van der Waals surface area contributed by atoms with Crippen LogP contribution in [0.1, 0.15) is 32.6 Å². The first-order chi connectivity index (χ1) is 14.6. The minimum atomic E-state index is -0.217. The molecule has 0 unspecified atom stereocenters. The molecule has 30 heavy (non-hydrogen) atoms. The van der Waals surface area contributed by atoms with E-state index >= 15 is 0 Å². The zero-order valence-corrected chi connectivity index (χ0v) is 18.3. The summed E-state index contributed by atoms with van der Waals surface area (Å²) in [6.07, 6.45) is 0.626. The molecule has 1 aromatic carbocycles. The summed E-state index contributed by atoms with van der Waals surface area (Å²) in [5.41, 5.74) is 1.86. The van der Waals surface area contributed by atoms with Gasteiger partial charge in [-0.1, -0.05) is 24.3 Å². The predicted octanol–water partition coefficient (Wildman–Crippen LogP) is 4.27. The molecule has 2 amide bonds. The Morgan fingerprint density at radius 3 is 2.50 bits per heavy atom. The Balaban J connectivity index is 1.57. The number of likely N-dealkylation sites (N-methyl/N-ethyl adjacent to an activating group) is 1. The van der Waals surface area contributed by atoms with E-state index in [1.54, 1.807) is 31.6 Å². The maximum atomic E-state index is 13.2. The fourth-order valence-electron chi connectivity index (χ4n) is 3.35. The third kappa shape index (κ3) is 4.15. The molecule has 0 N–H and O–H groups in total. The van der Waals surface area contributed by atoms with Crippen LogP contribution >= 0.6 is 22.7 Å². The number of benzene rings is 1. The van der Waals surface area contributed by atoms with Crippen molar-refractivity contribution in [3.8, 4) is 5.75 Å². The number of hydrogen-bond acceptors (Lipinski definition) is 6. The van der Waals surface area contributed by atoms with Crippen LogP contribution in [-0.4, -0.2) is 48.1 Å². The maximum Gasteiger partial charge on any atom is 0.264 e. The standard InChI is InChI=1S/C22H21N3O3S2/c1-24(22(27)20-6-4-12-30-20)14-21(26)25-18(15-7-9-16(28-2)10-8-15)13-17(23-25)19-5-3-11-29-19/h3-12,18H,13-14H2,1-2H3/t18-/m0/s1. The SMILES string of the molecule is COc1ccc([C@@H]2CC(c3cccs3)=NN2C(=O)CN(C)C(=O)c2cccs2)cc1. The van der Waals surface area contributed by atoms with E-state index in [0.29, 0.717) is 11.3 Å². The monoisotopic (exact) mass is 439 g/mol. The van der Waals surface area contributed by atoms with Gasteiger partial charge in [-0.25, -0.2) is 5.01 Å². The summed E-state index contributed by atoms with van der Waals surface area (Å²) in [4.78, 5) is 28.8. The third-order valence-corrected chi connectivity index (χ3v) is 6.70. The Bertz CT molecular complexity index is 1040. The van der Waals surface area contributed by atoms with E-state index in [1.807, 2.05) is 53.2 Å². The molecule has 0 spiro atoms. The van der Waals surface area contributed by atoms with Crippen molar-refractivity contribution in [3.63, 3.8) is 0 Å². The van der Waals surface area contributed by atoms with Crippen LogP contribution in [0.25, 0.3) is 0 Å². The molecule has 3 aromatic rings. The lowest BCUT2D eigenvalue weighted by atomic mass is 10.0. The molecule has 0 bridgehead atoms. The fourth-order valence-corrected chi connectivity index (χ4v) is 4.79. The van der Waals surface area contributed by atoms with Crippen molar-refractivity contribution in [1.82, 2.24) is 9.91 Å². The van der Waals surface area contributed by atoms with Crippen LogP contribution in [0.5, 0.6) is 5.75 Å². The van der Waals surface area contributed by atoms with Crippen LogP contribution in [0, 0.1) is 0 Å². The van der Waals surface area contributed by atoms with Crippen LogP contribution in [0.4, 0.5) is 0 Å². The van der Waals surface area contributed by atoms with Crippen molar-refractivity contribution in [3.05, 3.63) is 74.6 Å². The first-order valence-electron chi connectivity index (χ1n) is 9.43. The van der Waals surface area contributed by atoms with E-state index < -0.39 is 0 Å². The molecule has 1 atom stereocenters. The van der Waals surface area contributed by atoms with Gasteiger partial charge in [0, 0.05) is 13.5 Å². The highest BCUT2D eigenvalue weighted by molar-refractivity contribution is 7.12. The molecule has 6 nitrogen and oxygen atoms in total. The summed E-state index contributed by atoms with van der Waals surface area (Å²) >= 11 is 2.97. The Morgan fingerprint density at radius 2 is 1.87 bits per heavy atom. The van der Waals surface area contributed by atoms with Crippen molar-refractivity contribution < 1.29 is 14.3 Å². The quantitative estimate of drug-likeness (QED) is 0.576. The van der Waals surface area contributed by atoms with Gasteiger partial charge in [-0.2, -0.15) is 5.10 Å². The zero-order chi connectivity index (χ0) is 21.1. The summed E-state index contributed by atoms with van der Waals surface area (Å²) in [5.74, 6) is 0.381. The second-order valence-electron chi connectivity index (χ2n) is 6.89. The molecule has 1 aliphatic rings. The number of ether oxygens (including phenoxy) is 1. The number of carbonyl (C=O) groups is 2. The number of carbonyl (C=O) groups excluding carboxylic acids is 2. The Hall–Kier alpha value is -2.97. The van der Waals surface area contributed by atoms with Gasteiger partial charge < -0.3 is 9.64 Å². The van der Waals surface area contributed by atoms with Gasteiger partial charge in [0.15, 0.2) is 0 Å². The molecular formula is C22H21N3O3S2. The number of hydrogen-bond donors (Lipinski definition) is 0. The summed E-state index contributed by atoms with van der Waals surface area (Å²) in [6.45, 7) is -0.0371. The molecule has 1 aliphatic heterocycles. The Kier molecular flexibility index (Phi) is 5.96. The van der Waals surface area contributed by atoms with Crippen LogP contribution in [0.2, 0.25) is 0 Å². The van der Waals surface area contributed by atoms with E-state index in [1.165, 1.54) is 21.2 Å². The average molecular weight is 440 g/mol. The lowest BCUT2D eigenvalue weighted by molar-refractivity contribution is -0.133. The van der Waals surface area contributed by atoms with Crippen molar-refractivity contribution >= 4 is 40.2 Å². The van der Waals surface area contributed by atoms with Crippen molar-refractivity contribution in [2.24, 2.45) is 5.10 Å².